The Balaban J connectivity index is 1.56. The van der Waals surface area contributed by atoms with Gasteiger partial charge in [0, 0.05) is 17.4 Å². The van der Waals surface area contributed by atoms with Gasteiger partial charge in [0.1, 0.15) is 17.2 Å². The Morgan fingerprint density at radius 1 is 0.724 bits per heavy atom. The Labute approximate surface area is 168 Å². The molecule has 0 radical (unpaired) electrons. The highest BCUT2D eigenvalue weighted by Gasteiger charge is 2.06. The number of hydrogen-bond donors (Lipinski definition) is 2. The van der Waals surface area contributed by atoms with Crippen molar-refractivity contribution in [1.29, 1.82) is 0 Å². The Morgan fingerprint density at radius 2 is 1.34 bits per heavy atom. The van der Waals surface area contributed by atoms with Gasteiger partial charge in [-0.15, -0.1) is 0 Å². The van der Waals surface area contributed by atoms with Crippen LogP contribution in [0.1, 0.15) is 10.4 Å². The molecule has 3 rings (SSSR count). The smallest absolute Gasteiger partial charge is 0.337 e. The predicted octanol–water partition coefficient (Wildman–Crippen LogP) is 4.92. The van der Waals surface area contributed by atoms with Gasteiger partial charge in [-0.2, -0.15) is 0 Å². The van der Waals surface area contributed by atoms with Gasteiger partial charge in [-0.25, -0.2) is 9.59 Å². The molecule has 0 fully saturated rings. The molecule has 0 aliphatic rings. The lowest BCUT2D eigenvalue weighted by molar-refractivity contribution is 0.0600. The third kappa shape index (κ3) is 5.49. The Hall–Kier alpha value is -4.00. The van der Waals surface area contributed by atoms with Gasteiger partial charge in [0.2, 0.25) is 0 Å². The van der Waals surface area contributed by atoms with Crippen molar-refractivity contribution in [3.8, 4) is 17.2 Å². The summed E-state index contributed by atoms with van der Waals surface area (Å²) in [5.74, 6) is 1.42. The van der Waals surface area contributed by atoms with Crippen molar-refractivity contribution in [3.05, 3.63) is 78.4 Å². The predicted molar refractivity (Wildman–Crippen MR) is 110 cm³/mol. The fraction of sp³-hybridized carbons (Fsp3) is 0.0909. The average molecular weight is 392 g/mol. The Kier molecular flexibility index (Phi) is 6.32. The molecule has 148 valence electrons. The molecule has 29 heavy (non-hydrogen) atoms. The molecule has 0 spiro atoms. The zero-order valence-corrected chi connectivity index (χ0v) is 16.0. The van der Waals surface area contributed by atoms with Crippen molar-refractivity contribution in [1.82, 2.24) is 0 Å². The maximum Gasteiger partial charge on any atom is 0.337 e. The van der Waals surface area contributed by atoms with Crippen molar-refractivity contribution < 1.29 is 23.8 Å². The monoisotopic (exact) mass is 392 g/mol. The van der Waals surface area contributed by atoms with E-state index < -0.39 is 5.97 Å². The van der Waals surface area contributed by atoms with Crippen LogP contribution in [-0.4, -0.2) is 26.2 Å². The van der Waals surface area contributed by atoms with Gasteiger partial charge in [-0.05, 0) is 60.7 Å². The average Bonchev–Trinajstić information content (AvgIpc) is 2.75. The molecule has 0 saturated carbocycles. The van der Waals surface area contributed by atoms with Crippen molar-refractivity contribution in [2.45, 2.75) is 0 Å². The van der Waals surface area contributed by atoms with Crippen LogP contribution < -0.4 is 20.1 Å². The maximum absolute atomic E-state index is 12.1. The number of anilines is 2. The second kappa shape index (κ2) is 9.27. The lowest BCUT2D eigenvalue weighted by Crippen LogP contribution is -2.19. The Morgan fingerprint density at radius 3 is 1.97 bits per heavy atom. The van der Waals surface area contributed by atoms with Crippen LogP contribution in [0, 0.1) is 0 Å². The van der Waals surface area contributed by atoms with E-state index in [1.54, 1.807) is 79.9 Å². The number of methoxy groups -OCH3 is 2. The molecule has 0 aromatic heterocycles. The second-order valence-electron chi connectivity index (χ2n) is 5.95. The quantitative estimate of drug-likeness (QED) is 0.582. The van der Waals surface area contributed by atoms with Crippen LogP contribution in [0.2, 0.25) is 0 Å². The molecular formula is C22H20N2O5. The first-order valence-corrected chi connectivity index (χ1v) is 8.76. The summed E-state index contributed by atoms with van der Waals surface area (Å²) in [7, 11) is 2.90. The van der Waals surface area contributed by atoms with Crippen LogP contribution in [-0.2, 0) is 4.74 Å². The molecule has 7 nitrogen and oxygen atoms in total. The van der Waals surface area contributed by atoms with Gasteiger partial charge in [0.25, 0.3) is 0 Å². The van der Waals surface area contributed by atoms with Crippen molar-refractivity contribution in [3.63, 3.8) is 0 Å². The van der Waals surface area contributed by atoms with E-state index in [0.29, 0.717) is 34.2 Å². The molecule has 2 amide bonds. The maximum atomic E-state index is 12.1. The summed E-state index contributed by atoms with van der Waals surface area (Å²) >= 11 is 0. The molecule has 0 heterocycles. The van der Waals surface area contributed by atoms with Crippen LogP contribution in [0.4, 0.5) is 16.2 Å². The third-order valence-corrected chi connectivity index (χ3v) is 3.95. The highest BCUT2D eigenvalue weighted by Crippen LogP contribution is 2.24. The van der Waals surface area contributed by atoms with Gasteiger partial charge in [0.15, 0.2) is 0 Å². The first-order valence-electron chi connectivity index (χ1n) is 8.76. The Bertz CT molecular complexity index is 985. The van der Waals surface area contributed by atoms with Gasteiger partial charge < -0.3 is 24.8 Å². The van der Waals surface area contributed by atoms with Crippen LogP contribution in [0.5, 0.6) is 17.2 Å². The molecule has 0 bridgehead atoms. The lowest BCUT2D eigenvalue weighted by Gasteiger charge is -2.10. The number of carbonyl (C=O) groups excluding carboxylic acids is 2. The summed E-state index contributed by atoms with van der Waals surface area (Å²) in [6, 6.07) is 20.2. The summed E-state index contributed by atoms with van der Waals surface area (Å²) in [4.78, 5) is 23.6. The molecule has 0 aliphatic heterocycles. The van der Waals surface area contributed by atoms with E-state index in [4.69, 9.17) is 9.47 Å². The first kappa shape index (κ1) is 19.8. The van der Waals surface area contributed by atoms with E-state index in [-0.39, 0.29) is 6.03 Å². The number of hydrogen-bond acceptors (Lipinski definition) is 5. The second-order valence-corrected chi connectivity index (χ2v) is 5.95. The minimum atomic E-state index is -0.404. The molecule has 0 unspecified atom stereocenters. The number of carbonyl (C=O) groups is 2. The number of rotatable bonds is 6. The highest BCUT2D eigenvalue weighted by molar-refractivity contribution is 5.99. The van der Waals surface area contributed by atoms with Crippen LogP contribution >= 0.6 is 0 Å². The normalized spacial score (nSPS) is 10.0. The minimum absolute atomic E-state index is 0.370. The molecule has 7 heteroatoms. The summed E-state index contributed by atoms with van der Waals surface area (Å²) < 4.78 is 15.5. The number of ether oxygens (including phenoxy) is 3. The number of amides is 2. The molecule has 3 aromatic rings. The van der Waals surface area contributed by atoms with E-state index in [0.717, 1.165) is 0 Å². The number of benzene rings is 3. The van der Waals surface area contributed by atoms with E-state index >= 15 is 0 Å². The number of urea groups is 1. The SMILES string of the molecule is COC(=O)c1ccc(Oc2ccc(NC(=O)Nc3cccc(OC)c3)cc2)cc1. The summed E-state index contributed by atoms with van der Waals surface area (Å²) in [6.07, 6.45) is 0. The number of nitrogens with one attached hydrogen (secondary N) is 2. The minimum Gasteiger partial charge on any atom is -0.497 e. The molecule has 2 N–H and O–H groups in total. The molecule has 0 aliphatic carbocycles. The van der Waals surface area contributed by atoms with Crippen molar-refractivity contribution >= 4 is 23.4 Å². The zero-order chi connectivity index (χ0) is 20.6. The number of esters is 1. The van der Waals surface area contributed by atoms with Crippen molar-refractivity contribution in [2.24, 2.45) is 0 Å². The fourth-order valence-electron chi connectivity index (χ4n) is 2.51. The van der Waals surface area contributed by atoms with Crippen LogP contribution in [0.15, 0.2) is 72.8 Å². The highest BCUT2D eigenvalue weighted by atomic mass is 16.5. The van der Waals surface area contributed by atoms with Gasteiger partial charge in [0.05, 0.1) is 19.8 Å². The van der Waals surface area contributed by atoms with E-state index in [9.17, 15) is 9.59 Å². The standard InChI is InChI=1S/C22H20N2O5/c1-27-20-5-3-4-17(14-20)24-22(26)23-16-8-12-19(13-9-16)29-18-10-6-15(7-11-18)21(25)28-2/h3-14H,1-2H3,(H2,23,24,26). The van der Waals surface area contributed by atoms with Gasteiger partial charge in [-0.3, -0.25) is 0 Å². The zero-order valence-electron chi connectivity index (χ0n) is 16.0. The first-order chi connectivity index (χ1) is 14.1. The van der Waals surface area contributed by atoms with Crippen molar-refractivity contribution in [2.75, 3.05) is 24.9 Å². The fourth-order valence-corrected chi connectivity index (χ4v) is 2.51. The summed E-state index contributed by atoms with van der Waals surface area (Å²) in [5, 5.41) is 5.49. The third-order valence-electron chi connectivity index (χ3n) is 3.95. The van der Waals surface area contributed by atoms with Crippen LogP contribution in [0.3, 0.4) is 0 Å². The topological polar surface area (TPSA) is 85.9 Å². The lowest BCUT2D eigenvalue weighted by atomic mass is 10.2. The van der Waals surface area contributed by atoms with E-state index in [1.165, 1.54) is 7.11 Å². The molecule has 0 saturated heterocycles. The van der Waals surface area contributed by atoms with E-state index in [1.807, 2.05) is 0 Å². The molecule has 3 aromatic carbocycles. The van der Waals surface area contributed by atoms with Gasteiger partial charge >= 0.3 is 12.0 Å². The largest absolute Gasteiger partial charge is 0.497 e. The molecular weight excluding hydrogens is 372 g/mol. The summed E-state index contributed by atoms with van der Waals surface area (Å²) in [6.45, 7) is 0. The van der Waals surface area contributed by atoms with Crippen LogP contribution in [0.25, 0.3) is 0 Å². The van der Waals surface area contributed by atoms with Gasteiger partial charge in [-0.1, -0.05) is 6.07 Å². The summed E-state index contributed by atoms with van der Waals surface area (Å²) in [5.41, 5.74) is 1.68. The molecule has 0 atom stereocenters. The van der Waals surface area contributed by atoms with E-state index in [2.05, 4.69) is 15.4 Å².